The Labute approximate surface area is 262 Å². The highest BCUT2D eigenvalue weighted by molar-refractivity contribution is 5.43. The van der Waals surface area contributed by atoms with Crippen LogP contribution in [0.3, 0.4) is 0 Å². The van der Waals surface area contributed by atoms with Crippen molar-refractivity contribution in [1.29, 1.82) is 0 Å². The van der Waals surface area contributed by atoms with Gasteiger partial charge in [-0.1, -0.05) is 133 Å². The fourth-order valence-corrected chi connectivity index (χ4v) is 9.02. The molecule has 0 bridgehead atoms. The Balaban J connectivity index is 1.23. The third-order valence-corrected chi connectivity index (χ3v) is 12.2. The van der Waals surface area contributed by atoms with Crippen molar-refractivity contribution in [3.8, 4) is 0 Å². The average Bonchev–Trinajstić information content (AvgIpc) is 3.02. The molecule has 0 spiro atoms. The van der Waals surface area contributed by atoms with Gasteiger partial charge in [0.1, 0.15) is 0 Å². The summed E-state index contributed by atoms with van der Waals surface area (Å²) >= 11 is 0. The zero-order valence-corrected chi connectivity index (χ0v) is 27.5. The molecule has 0 unspecified atom stereocenters. The minimum Gasteiger partial charge on any atom is -0.0594 e. The summed E-state index contributed by atoms with van der Waals surface area (Å²) in [5.74, 6) is 1.54. The highest BCUT2D eigenvalue weighted by Gasteiger charge is 2.48. The summed E-state index contributed by atoms with van der Waals surface area (Å²) in [4.78, 5) is 0. The monoisotopic (exact) mass is 568 g/mol. The number of hydrogen-bond donors (Lipinski definition) is 0. The molecule has 2 saturated carbocycles. The molecule has 4 aromatic rings. The first-order valence-corrected chi connectivity index (χ1v) is 16.9. The zero-order valence-electron chi connectivity index (χ0n) is 27.5. The van der Waals surface area contributed by atoms with Gasteiger partial charge in [0.05, 0.1) is 0 Å². The van der Waals surface area contributed by atoms with Gasteiger partial charge in [-0.2, -0.15) is 0 Å². The van der Waals surface area contributed by atoms with Gasteiger partial charge in [-0.25, -0.2) is 0 Å². The molecular formula is C43H52. The van der Waals surface area contributed by atoms with Crippen LogP contribution in [-0.2, 0) is 10.8 Å². The largest absolute Gasteiger partial charge is 0.0594 e. The predicted octanol–water partition coefficient (Wildman–Crippen LogP) is 11.6. The van der Waals surface area contributed by atoms with Crippen molar-refractivity contribution in [3.05, 3.63) is 142 Å². The van der Waals surface area contributed by atoms with Crippen molar-refractivity contribution in [2.45, 2.75) is 104 Å². The summed E-state index contributed by atoms with van der Waals surface area (Å²) in [6.45, 7) is 14.1. The van der Waals surface area contributed by atoms with Crippen molar-refractivity contribution >= 4 is 0 Å². The lowest BCUT2D eigenvalue weighted by Crippen LogP contribution is -2.43. The third kappa shape index (κ3) is 5.63. The molecule has 0 saturated heterocycles. The van der Waals surface area contributed by atoms with Gasteiger partial charge >= 0.3 is 0 Å². The van der Waals surface area contributed by atoms with Crippen molar-refractivity contribution in [2.24, 2.45) is 17.3 Å². The quantitative estimate of drug-likeness (QED) is 0.217. The average molecular weight is 569 g/mol. The zero-order chi connectivity index (χ0) is 30.2. The second-order valence-corrected chi connectivity index (χ2v) is 15.0. The van der Waals surface area contributed by atoms with Gasteiger partial charge in [-0.3, -0.25) is 0 Å². The number of hydrogen-bond acceptors (Lipinski definition) is 0. The Morgan fingerprint density at radius 1 is 0.395 bits per heavy atom. The summed E-state index contributed by atoms with van der Waals surface area (Å²) in [6, 6.07) is 37.9. The Kier molecular flexibility index (Phi) is 8.18. The van der Waals surface area contributed by atoms with Gasteiger partial charge in [0.25, 0.3) is 0 Å². The molecule has 0 aliphatic heterocycles. The second kappa shape index (κ2) is 11.8. The van der Waals surface area contributed by atoms with Crippen LogP contribution in [0.2, 0.25) is 0 Å². The van der Waals surface area contributed by atoms with Crippen LogP contribution in [0.5, 0.6) is 0 Å². The molecule has 0 aromatic heterocycles. The van der Waals surface area contributed by atoms with Crippen molar-refractivity contribution in [3.63, 3.8) is 0 Å². The van der Waals surface area contributed by atoms with E-state index in [1.165, 1.54) is 95.9 Å². The molecule has 0 heterocycles. The minimum absolute atomic E-state index is 0.132. The first-order chi connectivity index (χ1) is 20.6. The molecule has 2 aliphatic carbocycles. The molecule has 2 aliphatic rings. The van der Waals surface area contributed by atoms with E-state index in [1.807, 2.05) is 0 Å². The lowest BCUT2D eigenvalue weighted by Gasteiger charge is -2.51. The van der Waals surface area contributed by atoms with Gasteiger partial charge in [-0.15, -0.1) is 0 Å². The van der Waals surface area contributed by atoms with E-state index in [1.54, 1.807) is 0 Å². The van der Waals surface area contributed by atoms with Crippen molar-refractivity contribution < 1.29 is 0 Å². The van der Waals surface area contributed by atoms with Crippen LogP contribution >= 0.6 is 0 Å². The molecule has 43 heavy (non-hydrogen) atoms. The summed E-state index contributed by atoms with van der Waals surface area (Å²) in [7, 11) is 0. The number of benzene rings is 4. The van der Waals surface area contributed by atoms with Crippen LogP contribution in [0.25, 0.3) is 0 Å². The number of rotatable bonds is 6. The molecule has 0 amide bonds. The summed E-state index contributed by atoms with van der Waals surface area (Å²) in [5, 5.41) is 0. The van der Waals surface area contributed by atoms with E-state index in [2.05, 4.69) is 139 Å². The Bertz CT molecular complexity index is 1270. The van der Waals surface area contributed by atoms with E-state index < -0.39 is 0 Å². The first kappa shape index (κ1) is 29.9. The highest BCUT2D eigenvalue weighted by Crippen LogP contribution is 2.57. The summed E-state index contributed by atoms with van der Waals surface area (Å²) in [6.07, 6.45) is 10.2. The Morgan fingerprint density at radius 2 is 0.605 bits per heavy atom. The SMILES string of the molecule is Cc1ccc(C2(c3ccc(C)cc3)CCC(C(C)(C)C3CCC(c4ccc(C)cc4)(c4ccc(C)cc4)CC3)CC2)cc1. The predicted molar refractivity (Wildman–Crippen MR) is 184 cm³/mol. The summed E-state index contributed by atoms with van der Waals surface area (Å²) < 4.78 is 0. The maximum absolute atomic E-state index is 2.62. The van der Waals surface area contributed by atoms with E-state index in [-0.39, 0.29) is 10.8 Å². The topological polar surface area (TPSA) is 0 Å². The molecule has 0 heteroatoms. The fourth-order valence-electron chi connectivity index (χ4n) is 9.02. The van der Waals surface area contributed by atoms with Gasteiger partial charge in [0.2, 0.25) is 0 Å². The van der Waals surface area contributed by atoms with Gasteiger partial charge in [0, 0.05) is 10.8 Å². The van der Waals surface area contributed by atoms with Crippen LogP contribution in [0.1, 0.15) is 110 Å². The molecule has 0 radical (unpaired) electrons. The van der Waals surface area contributed by atoms with Crippen LogP contribution in [0, 0.1) is 44.9 Å². The van der Waals surface area contributed by atoms with E-state index in [4.69, 9.17) is 0 Å². The first-order valence-electron chi connectivity index (χ1n) is 16.9. The van der Waals surface area contributed by atoms with Gasteiger partial charge in [0.15, 0.2) is 0 Å². The third-order valence-electron chi connectivity index (χ3n) is 12.2. The van der Waals surface area contributed by atoms with Gasteiger partial charge in [-0.05, 0) is 119 Å². The Hall–Kier alpha value is -3.12. The lowest BCUT2D eigenvalue weighted by atomic mass is 9.53. The van der Waals surface area contributed by atoms with E-state index in [0.29, 0.717) is 5.41 Å². The molecule has 0 atom stereocenters. The van der Waals surface area contributed by atoms with Crippen molar-refractivity contribution in [2.75, 3.05) is 0 Å². The summed E-state index contributed by atoms with van der Waals surface area (Å²) in [5.41, 5.74) is 12.1. The standard InChI is InChI=1S/C43H52/c1-31-7-15-37(16-8-31)42(38-17-9-32(2)10-18-38)27-23-35(24-28-42)41(5,6)36-25-29-43(30-26-36,39-19-11-33(3)12-20-39)40-21-13-34(4)14-22-40/h7-22,35-36H,23-30H2,1-6H3. The van der Waals surface area contributed by atoms with Gasteiger partial charge < -0.3 is 0 Å². The molecule has 2 fully saturated rings. The van der Waals surface area contributed by atoms with E-state index >= 15 is 0 Å². The van der Waals surface area contributed by atoms with Crippen LogP contribution in [0.15, 0.2) is 97.1 Å². The molecule has 224 valence electrons. The maximum atomic E-state index is 2.62. The normalized spacial score (nSPS) is 19.3. The molecular weight excluding hydrogens is 516 g/mol. The van der Waals surface area contributed by atoms with E-state index in [9.17, 15) is 0 Å². The Morgan fingerprint density at radius 3 is 0.814 bits per heavy atom. The molecule has 6 rings (SSSR count). The van der Waals surface area contributed by atoms with Crippen LogP contribution < -0.4 is 0 Å². The fraction of sp³-hybridized carbons (Fsp3) is 0.442. The molecule has 4 aromatic carbocycles. The maximum Gasteiger partial charge on any atom is 0.0203 e. The van der Waals surface area contributed by atoms with E-state index in [0.717, 1.165) is 11.8 Å². The smallest absolute Gasteiger partial charge is 0.0203 e. The van der Waals surface area contributed by atoms with Crippen LogP contribution in [0.4, 0.5) is 0 Å². The van der Waals surface area contributed by atoms with Crippen LogP contribution in [-0.4, -0.2) is 0 Å². The molecule has 0 nitrogen and oxygen atoms in total. The minimum atomic E-state index is 0.132. The second-order valence-electron chi connectivity index (χ2n) is 15.0. The van der Waals surface area contributed by atoms with Crippen molar-refractivity contribution in [1.82, 2.24) is 0 Å². The number of aryl methyl sites for hydroxylation is 4. The highest BCUT2D eigenvalue weighted by atomic mass is 14.5. The molecule has 0 N–H and O–H groups in total. The lowest BCUT2D eigenvalue weighted by molar-refractivity contribution is 0.0365.